The second kappa shape index (κ2) is 6.45. The Kier molecular flexibility index (Phi) is 3.79. The van der Waals surface area contributed by atoms with Crippen LogP contribution >= 0.6 is 0 Å². The van der Waals surface area contributed by atoms with Crippen molar-refractivity contribution in [1.82, 2.24) is 4.98 Å². The maximum absolute atomic E-state index is 6.41. The van der Waals surface area contributed by atoms with Gasteiger partial charge in [0.15, 0.2) is 0 Å². The first-order chi connectivity index (χ1) is 15.0. The van der Waals surface area contributed by atoms with Gasteiger partial charge in [0, 0.05) is 27.9 Å². The van der Waals surface area contributed by atoms with Gasteiger partial charge in [-0.05, 0) is 39.7 Å². The maximum Gasteiger partial charge on any atom is 0.145 e. The summed E-state index contributed by atoms with van der Waals surface area (Å²) in [6.45, 7) is 4.05. The van der Waals surface area contributed by atoms with E-state index in [1.54, 1.807) is 0 Å². The van der Waals surface area contributed by atoms with E-state index in [2.05, 4.69) is 60.7 Å². The number of para-hydroxylation sites is 1. The molecule has 2 nitrogen and oxygen atoms in total. The predicted octanol–water partition coefficient (Wildman–Crippen LogP) is 7.36. The SMILES string of the molecule is [B]C(C)(C)c1ccc2c(-c3cc4ccccc4c4c3oc3ccccc34)nccc2c1. The summed E-state index contributed by atoms with van der Waals surface area (Å²) in [5.74, 6) is 0. The summed E-state index contributed by atoms with van der Waals surface area (Å²) in [6, 6.07) is 27.3. The standard InChI is InChI=1S/C28H20BNO/c1-28(2,29)19-11-12-21-18(15-19)13-14-30-26(21)23-16-17-7-3-4-8-20(17)25-22-9-5-6-10-24(22)31-27(23)25/h3-16H,1-2H3. The Balaban J connectivity index is 1.74. The highest BCUT2D eigenvalue weighted by atomic mass is 16.3. The van der Waals surface area contributed by atoms with E-state index in [0.717, 1.165) is 49.5 Å². The predicted molar refractivity (Wildman–Crippen MR) is 131 cm³/mol. The molecule has 0 aliphatic rings. The van der Waals surface area contributed by atoms with E-state index < -0.39 is 5.31 Å². The number of nitrogens with zero attached hydrogens (tertiary/aromatic N) is 1. The number of hydrogen-bond acceptors (Lipinski definition) is 2. The van der Waals surface area contributed by atoms with Crippen LogP contribution in [0.25, 0.3) is 54.7 Å². The lowest BCUT2D eigenvalue weighted by Gasteiger charge is -2.20. The fourth-order valence-electron chi connectivity index (χ4n) is 4.54. The molecule has 3 heteroatoms. The molecule has 0 unspecified atom stereocenters. The zero-order valence-electron chi connectivity index (χ0n) is 17.5. The zero-order chi connectivity index (χ0) is 21.2. The van der Waals surface area contributed by atoms with Crippen LogP contribution in [0.2, 0.25) is 0 Å². The van der Waals surface area contributed by atoms with Crippen LogP contribution in [-0.4, -0.2) is 12.8 Å². The molecule has 0 fully saturated rings. The van der Waals surface area contributed by atoms with Crippen LogP contribution in [0.3, 0.4) is 0 Å². The van der Waals surface area contributed by atoms with Gasteiger partial charge >= 0.3 is 0 Å². The fourth-order valence-corrected chi connectivity index (χ4v) is 4.54. The third-order valence-corrected chi connectivity index (χ3v) is 6.13. The molecule has 0 spiro atoms. The van der Waals surface area contributed by atoms with Crippen molar-refractivity contribution in [3.05, 3.63) is 90.6 Å². The highest BCUT2D eigenvalue weighted by Gasteiger charge is 2.19. The van der Waals surface area contributed by atoms with Gasteiger partial charge in [0.1, 0.15) is 11.2 Å². The molecule has 6 rings (SSSR count). The molecule has 31 heavy (non-hydrogen) atoms. The number of aromatic nitrogens is 1. The highest BCUT2D eigenvalue weighted by Crippen LogP contribution is 2.42. The van der Waals surface area contributed by atoms with Crippen LogP contribution in [0.5, 0.6) is 0 Å². The van der Waals surface area contributed by atoms with Gasteiger partial charge in [0.25, 0.3) is 0 Å². The van der Waals surface area contributed by atoms with Gasteiger partial charge in [-0.15, -0.1) is 0 Å². The maximum atomic E-state index is 6.41. The first-order valence-corrected chi connectivity index (χ1v) is 10.5. The van der Waals surface area contributed by atoms with Crippen molar-refractivity contribution in [3.8, 4) is 11.3 Å². The first kappa shape index (κ1) is 18.2. The lowest BCUT2D eigenvalue weighted by Crippen LogP contribution is -2.16. The molecule has 0 N–H and O–H groups in total. The normalized spacial score (nSPS) is 12.3. The number of pyridine rings is 1. The monoisotopic (exact) mass is 397 g/mol. The Hall–Kier alpha value is -3.59. The molecule has 0 saturated carbocycles. The molecule has 4 aromatic carbocycles. The second-order valence-corrected chi connectivity index (χ2v) is 8.76. The van der Waals surface area contributed by atoms with Gasteiger partial charge in [-0.25, -0.2) is 0 Å². The third kappa shape index (κ3) is 2.77. The average molecular weight is 397 g/mol. The summed E-state index contributed by atoms with van der Waals surface area (Å²) in [6.07, 6.45) is 1.87. The van der Waals surface area contributed by atoms with Gasteiger partial charge in [0.05, 0.1) is 13.5 Å². The lowest BCUT2D eigenvalue weighted by atomic mass is 9.67. The Morgan fingerprint density at radius 2 is 1.52 bits per heavy atom. The summed E-state index contributed by atoms with van der Waals surface area (Å²) < 4.78 is 6.41. The molecule has 0 aliphatic heterocycles. The van der Waals surface area contributed by atoms with Crippen molar-refractivity contribution in [2.75, 3.05) is 0 Å². The van der Waals surface area contributed by atoms with Crippen molar-refractivity contribution in [2.24, 2.45) is 0 Å². The average Bonchev–Trinajstić information content (AvgIpc) is 3.17. The molecule has 2 radical (unpaired) electrons. The Labute approximate surface area is 181 Å². The van der Waals surface area contributed by atoms with Crippen LogP contribution < -0.4 is 0 Å². The number of furan rings is 1. The molecule has 146 valence electrons. The zero-order valence-corrected chi connectivity index (χ0v) is 17.5. The Morgan fingerprint density at radius 3 is 2.35 bits per heavy atom. The van der Waals surface area contributed by atoms with Crippen LogP contribution in [-0.2, 0) is 5.31 Å². The van der Waals surface area contributed by atoms with E-state index in [0.29, 0.717) is 0 Å². The largest absolute Gasteiger partial charge is 0.455 e. The summed E-state index contributed by atoms with van der Waals surface area (Å²) >= 11 is 0. The van der Waals surface area contributed by atoms with Crippen LogP contribution in [0.15, 0.2) is 89.5 Å². The van der Waals surface area contributed by atoms with Crippen molar-refractivity contribution in [3.63, 3.8) is 0 Å². The number of fused-ring (bicyclic) bond motifs is 6. The number of benzene rings is 4. The molecule has 0 amide bonds. The first-order valence-electron chi connectivity index (χ1n) is 10.5. The highest BCUT2D eigenvalue weighted by molar-refractivity contribution is 6.23. The van der Waals surface area contributed by atoms with Gasteiger partial charge in [-0.1, -0.05) is 80.1 Å². The molecule has 0 atom stereocenters. The molecule has 2 aromatic heterocycles. The van der Waals surface area contributed by atoms with E-state index in [1.165, 1.54) is 10.8 Å². The van der Waals surface area contributed by atoms with Crippen LogP contribution in [0.4, 0.5) is 0 Å². The number of rotatable bonds is 2. The molecular formula is C28H20BNO. The number of hydrogen-bond donors (Lipinski definition) is 0. The van der Waals surface area contributed by atoms with E-state index in [-0.39, 0.29) is 0 Å². The van der Waals surface area contributed by atoms with Gasteiger partial charge in [-0.2, -0.15) is 0 Å². The van der Waals surface area contributed by atoms with Gasteiger partial charge < -0.3 is 4.42 Å². The summed E-state index contributed by atoms with van der Waals surface area (Å²) in [4.78, 5) is 4.80. The summed E-state index contributed by atoms with van der Waals surface area (Å²) in [5.41, 5.74) is 4.80. The van der Waals surface area contributed by atoms with Crippen molar-refractivity contribution >= 4 is 51.3 Å². The fraction of sp³-hybridized carbons (Fsp3) is 0.107. The van der Waals surface area contributed by atoms with Crippen molar-refractivity contribution in [1.29, 1.82) is 0 Å². The quantitative estimate of drug-likeness (QED) is 0.285. The molecule has 0 saturated heterocycles. The van der Waals surface area contributed by atoms with E-state index in [4.69, 9.17) is 17.2 Å². The molecule has 0 aliphatic carbocycles. The summed E-state index contributed by atoms with van der Waals surface area (Å²) in [7, 11) is 6.35. The van der Waals surface area contributed by atoms with E-state index in [1.807, 2.05) is 38.2 Å². The third-order valence-electron chi connectivity index (χ3n) is 6.13. The molecular weight excluding hydrogens is 377 g/mol. The minimum absolute atomic E-state index is 0.396. The topological polar surface area (TPSA) is 26.0 Å². The Bertz CT molecular complexity index is 1620. The Morgan fingerprint density at radius 1 is 0.774 bits per heavy atom. The summed E-state index contributed by atoms with van der Waals surface area (Å²) in [5, 5.41) is 6.46. The van der Waals surface area contributed by atoms with Crippen molar-refractivity contribution < 1.29 is 4.42 Å². The molecule has 0 bridgehead atoms. The van der Waals surface area contributed by atoms with Gasteiger partial charge in [0.2, 0.25) is 0 Å². The van der Waals surface area contributed by atoms with Crippen molar-refractivity contribution in [2.45, 2.75) is 19.2 Å². The van der Waals surface area contributed by atoms with Gasteiger partial charge in [-0.3, -0.25) is 4.98 Å². The minimum Gasteiger partial charge on any atom is -0.455 e. The van der Waals surface area contributed by atoms with E-state index >= 15 is 0 Å². The van der Waals surface area contributed by atoms with Crippen LogP contribution in [0.1, 0.15) is 19.4 Å². The second-order valence-electron chi connectivity index (χ2n) is 8.76. The smallest absolute Gasteiger partial charge is 0.145 e. The minimum atomic E-state index is -0.396. The van der Waals surface area contributed by atoms with Crippen LogP contribution in [0, 0.1) is 0 Å². The van der Waals surface area contributed by atoms with E-state index in [9.17, 15) is 0 Å². The lowest BCUT2D eigenvalue weighted by molar-refractivity contribution is 0.670. The molecule has 2 heterocycles. The molecule has 6 aromatic rings.